The number of nitrogens with zero attached hydrogens (tertiary/aromatic N) is 4. The quantitative estimate of drug-likeness (QED) is 0.308. The number of hydrogen-bond donors (Lipinski definition) is 1. The number of nitrogens with one attached hydrogen (secondary N) is 1. The van der Waals surface area contributed by atoms with Crippen LogP contribution in [0.4, 0.5) is 0 Å². The van der Waals surface area contributed by atoms with Gasteiger partial charge in [0.2, 0.25) is 11.8 Å². The Labute approximate surface area is 231 Å². The van der Waals surface area contributed by atoms with Crippen LogP contribution in [0.15, 0.2) is 60.0 Å². The Bertz CT molecular complexity index is 1410. The van der Waals surface area contributed by atoms with Crippen LogP contribution in [0.2, 0.25) is 0 Å². The number of benzene rings is 2. The monoisotopic (exact) mass is 547 g/mol. The highest BCUT2D eigenvalue weighted by Gasteiger charge is 2.34. The number of amides is 2. The van der Waals surface area contributed by atoms with Crippen LogP contribution in [0.25, 0.3) is 11.0 Å². The van der Waals surface area contributed by atoms with Crippen molar-refractivity contribution in [2.45, 2.75) is 57.3 Å². The predicted molar refractivity (Wildman–Crippen MR) is 150 cm³/mol. The summed E-state index contributed by atoms with van der Waals surface area (Å²) in [5.41, 5.74) is 2.12. The number of thiophene rings is 1. The van der Waals surface area contributed by atoms with Crippen LogP contribution in [0.1, 0.15) is 48.6 Å². The van der Waals surface area contributed by atoms with Crippen LogP contribution in [-0.4, -0.2) is 52.0 Å². The van der Waals surface area contributed by atoms with E-state index in [4.69, 9.17) is 9.47 Å². The molecule has 0 bridgehead atoms. The van der Waals surface area contributed by atoms with Crippen molar-refractivity contribution in [3.63, 3.8) is 0 Å². The SMILES string of the molecule is COc1ccc([C@H](C(=O)NC2CCCCC2)N(Cc2cccs2)C(=O)Cn2nnc3ccccc32)cc1OC. The normalized spacial score (nSPS) is 14.6. The zero-order valence-electron chi connectivity index (χ0n) is 22.2. The number of fused-ring (bicyclic) bond motifs is 1. The third kappa shape index (κ3) is 6.06. The van der Waals surface area contributed by atoms with Gasteiger partial charge in [-0.3, -0.25) is 9.59 Å². The molecule has 4 aromatic rings. The van der Waals surface area contributed by atoms with Gasteiger partial charge in [0.1, 0.15) is 18.1 Å². The van der Waals surface area contributed by atoms with Crippen LogP contribution < -0.4 is 14.8 Å². The van der Waals surface area contributed by atoms with Crippen molar-refractivity contribution in [2.24, 2.45) is 0 Å². The first kappa shape index (κ1) is 26.7. The average Bonchev–Trinajstić information content (AvgIpc) is 3.63. The van der Waals surface area contributed by atoms with Gasteiger partial charge in [0.15, 0.2) is 11.5 Å². The summed E-state index contributed by atoms with van der Waals surface area (Å²) in [4.78, 5) is 30.7. The minimum Gasteiger partial charge on any atom is -0.493 e. The summed E-state index contributed by atoms with van der Waals surface area (Å²) in [6.45, 7) is 0.229. The van der Waals surface area contributed by atoms with Gasteiger partial charge in [0, 0.05) is 10.9 Å². The van der Waals surface area contributed by atoms with Gasteiger partial charge < -0.3 is 19.7 Å². The molecule has 39 heavy (non-hydrogen) atoms. The fourth-order valence-electron chi connectivity index (χ4n) is 5.17. The zero-order valence-corrected chi connectivity index (χ0v) is 23.0. The summed E-state index contributed by atoms with van der Waals surface area (Å²) in [6.07, 6.45) is 5.23. The van der Waals surface area contributed by atoms with Crippen molar-refractivity contribution in [2.75, 3.05) is 14.2 Å². The lowest BCUT2D eigenvalue weighted by molar-refractivity contribution is -0.142. The Hall–Kier alpha value is -3.92. The molecule has 2 aromatic heterocycles. The summed E-state index contributed by atoms with van der Waals surface area (Å²) < 4.78 is 12.6. The summed E-state index contributed by atoms with van der Waals surface area (Å²) in [5.74, 6) is 0.606. The van der Waals surface area contributed by atoms with Gasteiger partial charge in [0.25, 0.3) is 0 Å². The van der Waals surface area contributed by atoms with Crippen LogP contribution in [-0.2, 0) is 22.7 Å². The van der Waals surface area contributed by atoms with Crippen molar-refractivity contribution in [1.29, 1.82) is 0 Å². The smallest absolute Gasteiger partial charge is 0.247 e. The molecule has 10 heteroatoms. The fraction of sp³-hybridized carbons (Fsp3) is 0.379. The molecule has 1 fully saturated rings. The fourth-order valence-corrected chi connectivity index (χ4v) is 5.87. The molecule has 0 saturated heterocycles. The van der Waals surface area contributed by atoms with Crippen molar-refractivity contribution in [3.05, 3.63) is 70.4 Å². The minimum absolute atomic E-state index is 0.0492. The number of para-hydroxylation sites is 1. The lowest BCUT2D eigenvalue weighted by atomic mass is 9.94. The molecule has 1 aliphatic carbocycles. The molecule has 2 aromatic carbocycles. The van der Waals surface area contributed by atoms with E-state index in [1.165, 1.54) is 6.42 Å². The third-order valence-electron chi connectivity index (χ3n) is 7.17. The summed E-state index contributed by atoms with van der Waals surface area (Å²) >= 11 is 1.55. The second kappa shape index (κ2) is 12.3. The van der Waals surface area contributed by atoms with Crippen LogP contribution >= 0.6 is 11.3 Å². The highest BCUT2D eigenvalue weighted by Crippen LogP contribution is 2.34. The summed E-state index contributed by atoms with van der Waals surface area (Å²) in [6, 6.07) is 16.0. The first-order valence-electron chi connectivity index (χ1n) is 13.2. The molecule has 1 N–H and O–H groups in total. The average molecular weight is 548 g/mol. The van der Waals surface area contributed by atoms with Gasteiger partial charge >= 0.3 is 0 Å². The van der Waals surface area contributed by atoms with Gasteiger partial charge in [0.05, 0.1) is 26.3 Å². The van der Waals surface area contributed by atoms with E-state index in [1.54, 1.807) is 47.3 Å². The maximum Gasteiger partial charge on any atom is 0.247 e. The van der Waals surface area contributed by atoms with Crippen molar-refractivity contribution >= 4 is 34.2 Å². The lowest BCUT2D eigenvalue weighted by Crippen LogP contribution is -2.47. The Morgan fingerprint density at radius 3 is 2.59 bits per heavy atom. The molecule has 9 nitrogen and oxygen atoms in total. The van der Waals surface area contributed by atoms with E-state index in [1.807, 2.05) is 47.8 Å². The zero-order chi connectivity index (χ0) is 27.2. The molecule has 2 heterocycles. The molecular formula is C29H33N5O4S. The summed E-state index contributed by atoms with van der Waals surface area (Å²) in [5, 5.41) is 13.6. The molecule has 1 saturated carbocycles. The Balaban J connectivity index is 1.53. The van der Waals surface area contributed by atoms with Gasteiger partial charge in [-0.05, 0) is 54.1 Å². The molecule has 0 spiro atoms. The number of methoxy groups -OCH3 is 2. The number of rotatable bonds is 10. The van der Waals surface area contributed by atoms with E-state index in [2.05, 4.69) is 15.6 Å². The number of ether oxygens (including phenoxy) is 2. The molecular weight excluding hydrogens is 514 g/mol. The molecule has 204 valence electrons. The largest absolute Gasteiger partial charge is 0.493 e. The highest BCUT2D eigenvalue weighted by atomic mass is 32.1. The molecule has 1 aliphatic rings. The lowest BCUT2D eigenvalue weighted by Gasteiger charge is -2.33. The standard InChI is InChI=1S/C29H33N5O4S/c1-37-25-15-14-20(17-26(25)38-2)28(29(36)30-21-9-4-3-5-10-21)33(18-22-11-8-16-39-22)27(35)19-34-24-13-7-6-12-23(24)31-32-34/h6-8,11-17,21,28H,3-5,9-10,18-19H2,1-2H3,(H,30,36)/t28-/m1/s1. The van der Waals surface area contributed by atoms with Crippen molar-refractivity contribution < 1.29 is 19.1 Å². The number of aromatic nitrogens is 3. The van der Waals surface area contributed by atoms with Gasteiger partial charge in [-0.1, -0.05) is 48.7 Å². The number of carbonyl (C=O) groups is 2. The van der Waals surface area contributed by atoms with Crippen molar-refractivity contribution in [1.82, 2.24) is 25.2 Å². The Morgan fingerprint density at radius 2 is 1.85 bits per heavy atom. The van der Waals surface area contributed by atoms with E-state index < -0.39 is 6.04 Å². The summed E-state index contributed by atoms with van der Waals surface area (Å²) in [7, 11) is 3.13. The molecule has 2 amide bonds. The Morgan fingerprint density at radius 1 is 1.05 bits per heavy atom. The van der Waals surface area contributed by atoms with E-state index in [-0.39, 0.29) is 30.9 Å². The first-order chi connectivity index (χ1) is 19.1. The third-order valence-corrected chi connectivity index (χ3v) is 8.03. The molecule has 0 radical (unpaired) electrons. The maximum absolute atomic E-state index is 14.1. The second-order valence-electron chi connectivity index (χ2n) is 9.70. The van der Waals surface area contributed by atoms with Gasteiger partial charge in [-0.15, -0.1) is 16.4 Å². The van der Waals surface area contributed by atoms with Gasteiger partial charge in [-0.25, -0.2) is 4.68 Å². The van der Waals surface area contributed by atoms with E-state index in [0.29, 0.717) is 22.6 Å². The van der Waals surface area contributed by atoms with Crippen LogP contribution in [0.3, 0.4) is 0 Å². The van der Waals surface area contributed by atoms with E-state index in [0.717, 1.165) is 36.1 Å². The van der Waals surface area contributed by atoms with E-state index in [9.17, 15) is 9.59 Å². The van der Waals surface area contributed by atoms with E-state index >= 15 is 0 Å². The predicted octanol–water partition coefficient (Wildman–Crippen LogP) is 4.73. The second-order valence-corrected chi connectivity index (χ2v) is 10.7. The Kier molecular flexibility index (Phi) is 8.41. The topological polar surface area (TPSA) is 98.6 Å². The maximum atomic E-state index is 14.1. The van der Waals surface area contributed by atoms with Gasteiger partial charge in [-0.2, -0.15) is 0 Å². The molecule has 0 aliphatic heterocycles. The molecule has 1 atom stereocenters. The van der Waals surface area contributed by atoms with Crippen LogP contribution in [0, 0.1) is 0 Å². The number of hydrogen-bond acceptors (Lipinski definition) is 7. The first-order valence-corrected chi connectivity index (χ1v) is 14.1. The van der Waals surface area contributed by atoms with Crippen LogP contribution in [0.5, 0.6) is 11.5 Å². The molecule has 0 unspecified atom stereocenters. The highest BCUT2D eigenvalue weighted by molar-refractivity contribution is 7.09. The van der Waals surface area contributed by atoms with Crippen molar-refractivity contribution in [3.8, 4) is 11.5 Å². The minimum atomic E-state index is -0.879. The molecule has 5 rings (SSSR count). The number of carbonyl (C=O) groups excluding carboxylic acids is 2.